The quantitative estimate of drug-likeness (QED) is 0.575. The molecule has 0 saturated carbocycles. The monoisotopic (exact) mass is 132 g/mol. The van der Waals surface area contributed by atoms with E-state index in [1.807, 2.05) is 6.92 Å². The molecule has 0 aliphatic heterocycles. The fraction of sp³-hybridized carbons (Fsp3) is 1.00. The molecule has 0 aromatic rings. The van der Waals surface area contributed by atoms with Crippen LogP contribution in [0.3, 0.4) is 0 Å². The van der Waals surface area contributed by atoms with E-state index < -0.39 is 6.29 Å². The molecule has 0 aliphatic carbocycles. The minimum Gasteiger partial charge on any atom is -0.368 e. The molecule has 0 amide bonds. The summed E-state index contributed by atoms with van der Waals surface area (Å²) in [6.45, 7) is 4.58. The molecule has 1 atom stereocenters. The van der Waals surface area contributed by atoms with Gasteiger partial charge < -0.3 is 9.84 Å². The van der Waals surface area contributed by atoms with Gasteiger partial charge in [-0.25, -0.2) is 0 Å². The van der Waals surface area contributed by atoms with E-state index in [1.165, 1.54) is 0 Å². The Bertz CT molecular complexity index is 54.9. The van der Waals surface area contributed by atoms with Crippen molar-refractivity contribution in [1.29, 1.82) is 0 Å². The summed E-state index contributed by atoms with van der Waals surface area (Å²) in [6, 6.07) is 0. The van der Waals surface area contributed by atoms with E-state index in [-0.39, 0.29) is 0 Å². The Balaban J connectivity index is 2.95. The highest BCUT2D eigenvalue weighted by atomic mass is 16.6. The Kier molecular flexibility index (Phi) is 5.99. The first-order chi connectivity index (χ1) is 4.31. The van der Waals surface area contributed by atoms with Crippen LogP contribution in [0.1, 0.15) is 33.1 Å². The average molecular weight is 132 g/mol. The minimum atomic E-state index is -0.532. The van der Waals surface area contributed by atoms with Gasteiger partial charge >= 0.3 is 0 Å². The van der Waals surface area contributed by atoms with E-state index in [9.17, 15) is 0 Å². The van der Waals surface area contributed by atoms with Crippen LogP contribution in [-0.4, -0.2) is 18.0 Å². The molecule has 0 radical (unpaired) electrons. The van der Waals surface area contributed by atoms with Gasteiger partial charge in [0.2, 0.25) is 0 Å². The van der Waals surface area contributed by atoms with Crippen molar-refractivity contribution in [2.45, 2.75) is 39.4 Å². The summed E-state index contributed by atoms with van der Waals surface area (Å²) < 4.78 is 4.90. The van der Waals surface area contributed by atoms with Crippen LogP contribution in [0.4, 0.5) is 0 Å². The van der Waals surface area contributed by atoms with Crippen molar-refractivity contribution >= 4 is 0 Å². The molecule has 0 aromatic heterocycles. The molecule has 0 rings (SSSR count). The van der Waals surface area contributed by atoms with E-state index in [4.69, 9.17) is 9.84 Å². The Hall–Kier alpha value is -0.0800. The molecular weight excluding hydrogens is 116 g/mol. The zero-order valence-electron chi connectivity index (χ0n) is 6.26. The summed E-state index contributed by atoms with van der Waals surface area (Å²) in [4.78, 5) is 0. The average Bonchev–Trinajstić information content (AvgIpc) is 1.85. The third kappa shape index (κ3) is 5.80. The van der Waals surface area contributed by atoms with Crippen LogP contribution in [0.25, 0.3) is 0 Å². The second kappa shape index (κ2) is 6.05. The van der Waals surface area contributed by atoms with Crippen molar-refractivity contribution < 1.29 is 9.84 Å². The lowest BCUT2D eigenvalue weighted by Gasteiger charge is -2.07. The van der Waals surface area contributed by atoms with Crippen LogP contribution in [0, 0.1) is 0 Å². The first-order valence-corrected chi connectivity index (χ1v) is 3.61. The van der Waals surface area contributed by atoms with Crippen LogP contribution in [0.2, 0.25) is 0 Å². The second-order valence-electron chi connectivity index (χ2n) is 2.05. The molecule has 0 saturated heterocycles. The Morgan fingerprint density at radius 1 is 1.44 bits per heavy atom. The molecule has 56 valence electrons. The van der Waals surface area contributed by atoms with Crippen LogP contribution >= 0.6 is 0 Å². The van der Waals surface area contributed by atoms with Crippen molar-refractivity contribution in [2.75, 3.05) is 6.61 Å². The summed E-state index contributed by atoms with van der Waals surface area (Å²) in [5.41, 5.74) is 0. The van der Waals surface area contributed by atoms with Gasteiger partial charge in [0, 0.05) is 6.61 Å². The lowest BCUT2D eigenvalue weighted by atomic mass is 10.2. The number of rotatable bonds is 5. The third-order valence-electron chi connectivity index (χ3n) is 1.16. The number of aliphatic hydroxyl groups is 1. The fourth-order valence-corrected chi connectivity index (χ4v) is 0.654. The van der Waals surface area contributed by atoms with Gasteiger partial charge in [0.05, 0.1) is 0 Å². The third-order valence-corrected chi connectivity index (χ3v) is 1.16. The van der Waals surface area contributed by atoms with Crippen molar-refractivity contribution in [2.24, 2.45) is 0 Å². The second-order valence-corrected chi connectivity index (χ2v) is 2.05. The zero-order chi connectivity index (χ0) is 7.11. The maximum atomic E-state index is 8.96. The van der Waals surface area contributed by atoms with E-state index >= 15 is 0 Å². The zero-order valence-corrected chi connectivity index (χ0v) is 6.26. The number of unbranched alkanes of at least 4 members (excludes halogenated alkanes) is 1. The molecule has 2 nitrogen and oxygen atoms in total. The van der Waals surface area contributed by atoms with Crippen LogP contribution in [0.15, 0.2) is 0 Å². The van der Waals surface area contributed by atoms with Crippen LogP contribution in [0.5, 0.6) is 0 Å². The molecule has 0 fully saturated rings. The van der Waals surface area contributed by atoms with E-state index in [2.05, 4.69) is 6.92 Å². The molecule has 0 aromatic carbocycles. The smallest absolute Gasteiger partial charge is 0.154 e. The maximum Gasteiger partial charge on any atom is 0.154 e. The summed E-state index contributed by atoms with van der Waals surface area (Å²) in [6.07, 6.45) is 2.39. The van der Waals surface area contributed by atoms with Gasteiger partial charge in [0.15, 0.2) is 6.29 Å². The van der Waals surface area contributed by atoms with Gasteiger partial charge in [0.1, 0.15) is 0 Å². The fourth-order valence-electron chi connectivity index (χ4n) is 0.654. The summed E-state index contributed by atoms with van der Waals surface area (Å²) in [7, 11) is 0. The first-order valence-electron chi connectivity index (χ1n) is 3.61. The van der Waals surface area contributed by atoms with Crippen LogP contribution in [-0.2, 0) is 4.74 Å². The molecule has 0 heterocycles. The standard InChI is InChI=1S/C7H16O2/c1-3-5-6-7(8)9-4-2/h7-8H,3-6H2,1-2H3. The Morgan fingerprint density at radius 3 is 2.56 bits per heavy atom. The topological polar surface area (TPSA) is 29.5 Å². The van der Waals surface area contributed by atoms with E-state index in [1.54, 1.807) is 0 Å². The van der Waals surface area contributed by atoms with E-state index in [0.29, 0.717) is 6.61 Å². The molecule has 1 unspecified atom stereocenters. The van der Waals surface area contributed by atoms with Gasteiger partial charge in [-0.2, -0.15) is 0 Å². The Labute approximate surface area is 56.8 Å². The summed E-state index contributed by atoms with van der Waals surface area (Å²) in [5, 5.41) is 8.96. The van der Waals surface area contributed by atoms with Gasteiger partial charge in [-0.05, 0) is 19.8 Å². The van der Waals surface area contributed by atoms with Gasteiger partial charge in [-0.3, -0.25) is 0 Å². The number of hydrogen-bond donors (Lipinski definition) is 1. The predicted octanol–water partition coefficient (Wildman–Crippen LogP) is 1.53. The number of aliphatic hydroxyl groups excluding tert-OH is 1. The predicted molar refractivity (Wildman–Crippen MR) is 37.2 cm³/mol. The summed E-state index contributed by atoms with van der Waals surface area (Å²) >= 11 is 0. The van der Waals surface area contributed by atoms with E-state index in [0.717, 1.165) is 19.3 Å². The summed E-state index contributed by atoms with van der Waals surface area (Å²) in [5.74, 6) is 0. The lowest BCUT2D eigenvalue weighted by Crippen LogP contribution is -2.10. The Morgan fingerprint density at radius 2 is 2.11 bits per heavy atom. The molecule has 1 N–H and O–H groups in total. The molecular formula is C7H16O2. The maximum absolute atomic E-state index is 8.96. The minimum absolute atomic E-state index is 0.532. The molecule has 0 spiro atoms. The van der Waals surface area contributed by atoms with Gasteiger partial charge in [-0.1, -0.05) is 13.3 Å². The number of ether oxygens (including phenoxy) is 1. The van der Waals surface area contributed by atoms with Crippen LogP contribution < -0.4 is 0 Å². The highest BCUT2D eigenvalue weighted by Gasteiger charge is 1.99. The molecule has 0 aliphatic rings. The van der Waals surface area contributed by atoms with Crippen molar-refractivity contribution in [1.82, 2.24) is 0 Å². The van der Waals surface area contributed by atoms with Gasteiger partial charge in [-0.15, -0.1) is 0 Å². The normalized spacial score (nSPS) is 13.7. The van der Waals surface area contributed by atoms with Crippen molar-refractivity contribution in [3.05, 3.63) is 0 Å². The van der Waals surface area contributed by atoms with Gasteiger partial charge in [0.25, 0.3) is 0 Å². The van der Waals surface area contributed by atoms with Crippen molar-refractivity contribution in [3.63, 3.8) is 0 Å². The molecule has 0 bridgehead atoms. The lowest BCUT2D eigenvalue weighted by molar-refractivity contribution is -0.0992. The van der Waals surface area contributed by atoms with Crippen molar-refractivity contribution in [3.8, 4) is 0 Å². The number of hydrogen-bond acceptors (Lipinski definition) is 2. The highest BCUT2D eigenvalue weighted by Crippen LogP contribution is 2.00. The largest absolute Gasteiger partial charge is 0.368 e. The highest BCUT2D eigenvalue weighted by molar-refractivity contribution is 4.40. The SMILES string of the molecule is CCCCC(O)OCC. The first kappa shape index (κ1) is 8.92. The molecule has 9 heavy (non-hydrogen) atoms. The molecule has 2 heteroatoms.